The minimum absolute atomic E-state index is 0.790. The van der Waals surface area contributed by atoms with Gasteiger partial charge in [0.25, 0.3) is 0 Å². The van der Waals surface area contributed by atoms with Crippen LogP contribution in [0.3, 0.4) is 0 Å². The Bertz CT molecular complexity index is 394. The average Bonchev–Trinajstić information content (AvgIpc) is 2.87. The molecule has 2 rings (SSSR count). The first-order valence-electron chi connectivity index (χ1n) is 7.90. The Labute approximate surface area is 123 Å². The highest BCUT2D eigenvalue weighted by molar-refractivity contribution is 5.27. The number of hydrogen-bond acceptors (Lipinski definition) is 3. The van der Waals surface area contributed by atoms with Crippen LogP contribution >= 0.6 is 0 Å². The molecule has 0 radical (unpaired) electrons. The minimum atomic E-state index is 0.790. The Hall–Kier alpha value is -1.06. The van der Waals surface area contributed by atoms with Crippen LogP contribution in [0.15, 0.2) is 24.3 Å². The molecular weight excluding hydrogens is 248 g/mol. The van der Waals surface area contributed by atoms with Crippen molar-refractivity contribution < 1.29 is 4.74 Å². The van der Waals surface area contributed by atoms with E-state index in [-0.39, 0.29) is 0 Å². The van der Waals surface area contributed by atoms with Gasteiger partial charge in [0.05, 0.1) is 0 Å². The Morgan fingerprint density at radius 3 is 3.10 bits per heavy atom. The zero-order chi connectivity index (χ0) is 14.2. The lowest BCUT2D eigenvalue weighted by atomic mass is 10.1. The number of aryl methyl sites for hydroxylation is 1. The van der Waals surface area contributed by atoms with E-state index in [9.17, 15) is 0 Å². The highest BCUT2D eigenvalue weighted by Gasteiger charge is 2.21. The molecule has 1 aliphatic heterocycles. The van der Waals surface area contributed by atoms with Crippen LogP contribution < -0.4 is 10.1 Å². The van der Waals surface area contributed by atoms with Gasteiger partial charge in [0.2, 0.25) is 0 Å². The van der Waals surface area contributed by atoms with E-state index < -0.39 is 0 Å². The summed E-state index contributed by atoms with van der Waals surface area (Å²) in [7, 11) is 0. The molecule has 0 saturated carbocycles. The largest absolute Gasteiger partial charge is 0.492 e. The molecule has 1 atom stereocenters. The second kappa shape index (κ2) is 8.28. The third kappa shape index (κ3) is 5.14. The molecule has 1 heterocycles. The zero-order valence-corrected chi connectivity index (χ0v) is 12.9. The normalized spacial score (nSPS) is 19.4. The van der Waals surface area contributed by atoms with Crippen molar-refractivity contribution in [2.75, 3.05) is 39.3 Å². The van der Waals surface area contributed by atoms with E-state index in [0.29, 0.717) is 0 Å². The molecule has 3 heteroatoms. The third-order valence-electron chi connectivity index (χ3n) is 3.90. The fraction of sp³-hybridized carbons (Fsp3) is 0.647. The molecule has 0 bridgehead atoms. The molecule has 0 aliphatic carbocycles. The van der Waals surface area contributed by atoms with Gasteiger partial charge in [-0.1, -0.05) is 19.1 Å². The van der Waals surface area contributed by atoms with Gasteiger partial charge >= 0.3 is 0 Å². The molecule has 112 valence electrons. The zero-order valence-electron chi connectivity index (χ0n) is 12.9. The molecule has 0 aromatic heterocycles. The molecule has 1 fully saturated rings. The van der Waals surface area contributed by atoms with Crippen LogP contribution in [-0.2, 0) is 0 Å². The summed E-state index contributed by atoms with van der Waals surface area (Å²) in [6.07, 6.45) is 2.54. The highest BCUT2D eigenvalue weighted by atomic mass is 16.5. The summed E-state index contributed by atoms with van der Waals surface area (Å²) in [4.78, 5) is 2.52. The minimum Gasteiger partial charge on any atom is -0.492 e. The van der Waals surface area contributed by atoms with E-state index in [1.165, 1.54) is 38.0 Å². The summed E-state index contributed by atoms with van der Waals surface area (Å²) in [5, 5.41) is 3.53. The Balaban J connectivity index is 1.61. The first kappa shape index (κ1) is 15.3. The number of likely N-dealkylation sites (tertiary alicyclic amines) is 1. The van der Waals surface area contributed by atoms with Crippen molar-refractivity contribution in [3.63, 3.8) is 0 Å². The summed E-state index contributed by atoms with van der Waals surface area (Å²) in [6, 6.07) is 8.28. The summed E-state index contributed by atoms with van der Waals surface area (Å²) < 4.78 is 5.83. The van der Waals surface area contributed by atoms with E-state index >= 15 is 0 Å². The topological polar surface area (TPSA) is 24.5 Å². The lowest BCUT2D eigenvalue weighted by Crippen LogP contribution is -2.29. The predicted molar refractivity (Wildman–Crippen MR) is 84.4 cm³/mol. The second-order valence-corrected chi connectivity index (χ2v) is 5.82. The van der Waals surface area contributed by atoms with Gasteiger partial charge in [0.1, 0.15) is 12.4 Å². The van der Waals surface area contributed by atoms with Crippen molar-refractivity contribution in [3.05, 3.63) is 29.8 Å². The number of nitrogens with zero attached hydrogens (tertiary/aromatic N) is 1. The van der Waals surface area contributed by atoms with E-state index in [1.54, 1.807) is 0 Å². The number of nitrogens with one attached hydrogen (secondary N) is 1. The molecule has 1 unspecified atom stereocenters. The molecule has 1 aromatic carbocycles. The van der Waals surface area contributed by atoms with Crippen LogP contribution in [0.2, 0.25) is 0 Å². The average molecular weight is 276 g/mol. The van der Waals surface area contributed by atoms with Crippen molar-refractivity contribution in [1.29, 1.82) is 0 Å². The Kier molecular flexibility index (Phi) is 6.34. The monoisotopic (exact) mass is 276 g/mol. The van der Waals surface area contributed by atoms with Gasteiger partial charge in [-0.15, -0.1) is 0 Å². The lowest BCUT2D eigenvalue weighted by Gasteiger charge is -2.16. The lowest BCUT2D eigenvalue weighted by molar-refractivity contribution is 0.232. The van der Waals surface area contributed by atoms with Crippen molar-refractivity contribution in [2.45, 2.75) is 26.7 Å². The maximum atomic E-state index is 5.83. The fourth-order valence-electron chi connectivity index (χ4n) is 2.76. The summed E-state index contributed by atoms with van der Waals surface area (Å²) in [5.41, 5.74) is 1.26. The van der Waals surface area contributed by atoms with Crippen molar-refractivity contribution in [3.8, 4) is 5.75 Å². The van der Waals surface area contributed by atoms with E-state index in [1.807, 2.05) is 6.07 Å². The number of ether oxygens (including phenoxy) is 1. The second-order valence-electron chi connectivity index (χ2n) is 5.82. The molecule has 1 aromatic rings. The van der Waals surface area contributed by atoms with Gasteiger partial charge in [-0.05, 0) is 63.0 Å². The molecule has 20 heavy (non-hydrogen) atoms. The fourth-order valence-corrected chi connectivity index (χ4v) is 2.76. The van der Waals surface area contributed by atoms with Gasteiger partial charge in [-0.25, -0.2) is 0 Å². The van der Waals surface area contributed by atoms with Gasteiger partial charge < -0.3 is 10.1 Å². The number of rotatable bonds is 8. The smallest absolute Gasteiger partial charge is 0.119 e. The van der Waals surface area contributed by atoms with Crippen LogP contribution in [-0.4, -0.2) is 44.2 Å². The van der Waals surface area contributed by atoms with Gasteiger partial charge in [0.15, 0.2) is 0 Å². The molecule has 0 spiro atoms. The SMILES string of the molecule is CCCNCC1CCN(CCOc2cccc(C)c2)C1. The first-order valence-corrected chi connectivity index (χ1v) is 7.90. The molecule has 1 N–H and O–H groups in total. The van der Waals surface area contributed by atoms with Crippen LogP contribution in [0, 0.1) is 12.8 Å². The van der Waals surface area contributed by atoms with Crippen molar-refractivity contribution >= 4 is 0 Å². The first-order chi connectivity index (χ1) is 9.78. The van der Waals surface area contributed by atoms with Crippen molar-refractivity contribution in [2.24, 2.45) is 5.92 Å². The summed E-state index contributed by atoms with van der Waals surface area (Å²) in [5.74, 6) is 1.81. The number of hydrogen-bond donors (Lipinski definition) is 1. The van der Waals surface area contributed by atoms with Gasteiger partial charge in [-0.3, -0.25) is 4.90 Å². The van der Waals surface area contributed by atoms with E-state index in [4.69, 9.17) is 4.74 Å². The molecular formula is C17H28N2O. The highest BCUT2D eigenvalue weighted by Crippen LogP contribution is 2.16. The van der Waals surface area contributed by atoms with Crippen LogP contribution in [0.1, 0.15) is 25.3 Å². The Morgan fingerprint density at radius 1 is 1.40 bits per heavy atom. The van der Waals surface area contributed by atoms with Gasteiger partial charge in [0, 0.05) is 13.1 Å². The van der Waals surface area contributed by atoms with E-state index in [0.717, 1.165) is 31.4 Å². The van der Waals surface area contributed by atoms with Crippen LogP contribution in [0.4, 0.5) is 0 Å². The molecule has 1 saturated heterocycles. The number of benzene rings is 1. The molecule has 1 aliphatic rings. The molecule has 3 nitrogen and oxygen atoms in total. The van der Waals surface area contributed by atoms with Crippen LogP contribution in [0.25, 0.3) is 0 Å². The van der Waals surface area contributed by atoms with Crippen LogP contribution in [0.5, 0.6) is 5.75 Å². The van der Waals surface area contributed by atoms with Gasteiger partial charge in [-0.2, -0.15) is 0 Å². The summed E-state index contributed by atoms with van der Waals surface area (Å²) >= 11 is 0. The maximum Gasteiger partial charge on any atom is 0.119 e. The van der Waals surface area contributed by atoms with E-state index in [2.05, 4.69) is 42.3 Å². The summed E-state index contributed by atoms with van der Waals surface area (Å²) in [6.45, 7) is 10.9. The molecule has 0 amide bonds. The predicted octanol–water partition coefficient (Wildman–Crippen LogP) is 2.70. The standard InChI is InChI=1S/C17H28N2O/c1-3-8-18-13-16-7-9-19(14-16)10-11-20-17-6-4-5-15(2)12-17/h4-6,12,16,18H,3,7-11,13-14H2,1-2H3. The quantitative estimate of drug-likeness (QED) is 0.739. The Morgan fingerprint density at radius 2 is 2.30 bits per heavy atom. The maximum absolute atomic E-state index is 5.83. The third-order valence-corrected chi connectivity index (χ3v) is 3.90. The van der Waals surface area contributed by atoms with Crippen molar-refractivity contribution in [1.82, 2.24) is 10.2 Å².